The van der Waals surface area contributed by atoms with Crippen LogP contribution in [0.1, 0.15) is 36.0 Å². The van der Waals surface area contributed by atoms with E-state index in [1.165, 1.54) is 0 Å². The van der Waals surface area contributed by atoms with Crippen LogP contribution in [-0.4, -0.2) is 13.2 Å². The summed E-state index contributed by atoms with van der Waals surface area (Å²) in [4.78, 5) is 0. The maximum atomic E-state index is 8.65. The van der Waals surface area contributed by atoms with Crippen molar-refractivity contribution in [2.75, 3.05) is 13.2 Å². The van der Waals surface area contributed by atoms with Crippen molar-refractivity contribution in [3.63, 3.8) is 0 Å². The lowest BCUT2D eigenvalue weighted by atomic mass is 10.0. The Morgan fingerprint density at radius 2 is 1.45 bits per heavy atom. The second-order valence-electron chi connectivity index (χ2n) is 4.59. The molecule has 113 valence electrons. The summed E-state index contributed by atoms with van der Waals surface area (Å²) >= 11 is 0. The molecule has 0 aliphatic heterocycles. The van der Waals surface area contributed by atoms with Gasteiger partial charge < -0.3 is 9.47 Å². The number of rotatable bonds is 10. The van der Waals surface area contributed by atoms with Crippen molar-refractivity contribution in [2.24, 2.45) is 0 Å². The molecule has 1 rings (SSSR count). The van der Waals surface area contributed by atoms with Crippen LogP contribution in [0.4, 0.5) is 0 Å². The lowest BCUT2D eigenvalue weighted by Crippen LogP contribution is -2.03. The topological polar surface area (TPSA) is 89.8 Å². The molecule has 0 spiro atoms. The van der Waals surface area contributed by atoms with E-state index in [2.05, 4.69) is 12.1 Å². The minimum absolute atomic E-state index is 0.355. The third-order valence-electron chi connectivity index (χ3n) is 2.93. The molecule has 0 aromatic heterocycles. The molecule has 1 aromatic rings. The van der Waals surface area contributed by atoms with Crippen molar-refractivity contribution in [2.45, 2.75) is 38.9 Å². The molecule has 0 saturated carbocycles. The molecule has 22 heavy (non-hydrogen) atoms. The molecule has 0 saturated heterocycles. The van der Waals surface area contributed by atoms with Crippen molar-refractivity contribution in [3.05, 3.63) is 34.9 Å². The van der Waals surface area contributed by atoms with Crippen LogP contribution >= 0.6 is 0 Å². The van der Waals surface area contributed by atoms with E-state index in [1.807, 2.05) is 24.3 Å². The Balaban J connectivity index is 2.68. The first-order valence-corrected chi connectivity index (χ1v) is 7.10. The van der Waals surface area contributed by atoms with Crippen molar-refractivity contribution in [1.82, 2.24) is 0 Å². The number of aryl methyl sites for hydroxylation is 1. The van der Waals surface area contributed by atoms with E-state index in [0.717, 1.165) is 16.7 Å². The molecule has 0 heterocycles. The summed E-state index contributed by atoms with van der Waals surface area (Å²) in [7, 11) is 0. The molecular weight excluding hydrogens is 278 g/mol. The molecular formula is C17H18N3O2. The minimum atomic E-state index is 0.355. The fourth-order valence-electron chi connectivity index (χ4n) is 1.82. The molecule has 1 radical (unpaired) electrons. The molecule has 0 N–H and O–H groups in total. The second-order valence-corrected chi connectivity index (χ2v) is 4.59. The van der Waals surface area contributed by atoms with Crippen molar-refractivity contribution >= 4 is 0 Å². The molecule has 5 nitrogen and oxygen atoms in total. The summed E-state index contributed by atoms with van der Waals surface area (Å²) in [5.41, 5.74) is 2.89. The molecule has 0 fully saturated rings. The van der Waals surface area contributed by atoms with E-state index < -0.39 is 0 Å². The average Bonchev–Trinajstić information content (AvgIpc) is 2.55. The molecule has 0 aliphatic carbocycles. The molecule has 5 heteroatoms. The Labute approximate surface area is 131 Å². The van der Waals surface area contributed by atoms with Crippen molar-refractivity contribution in [3.8, 4) is 18.2 Å². The van der Waals surface area contributed by atoms with Crippen LogP contribution in [-0.2, 0) is 29.1 Å². The van der Waals surface area contributed by atoms with Gasteiger partial charge >= 0.3 is 0 Å². The molecule has 0 bridgehead atoms. The van der Waals surface area contributed by atoms with Gasteiger partial charge in [0.05, 0.1) is 57.5 Å². The first-order chi connectivity index (χ1) is 10.8. The Morgan fingerprint density at radius 3 is 2.05 bits per heavy atom. The fourth-order valence-corrected chi connectivity index (χ4v) is 1.82. The third kappa shape index (κ3) is 6.86. The van der Waals surface area contributed by atoms with Gasteiger partial charge in [-0.15, -0.1) is 0 Å². The first kappa shape index (κ1) is 17.7. The Bertz CT molecular complexity index is 579. The molecule has 0 aliphatic rings. The number of benzene rings is 1. The highest BCUT2D eigenvalue weighted by Gasteiger charge is 2.06. The van der Waals surface area contributed by atoms with E-state index in [1.54, 1.807) is 0 Å². The quantitative estimate of drug-likeness (QED) is 0.619. The van der Waals surface area contributed by atoms with Crippen LogP contribution in [0, 0.1) is 40.1 Å². The smallest absolute Gasteiger partial charge is 0.0721 e. The van der Waals surface area contributed by atoms with Gasteiger partial charge in [-0.25, -0.2) is 0 Å². The van der Waals surface area contributed by atoms with Gasteiger partial charge in [-0.05, 0) is 35.2 Å². The highest BCUT2D eigenvalue weighted by molar-refractivity contribution is 5.31. The minimum Gasteiger partial charge on any atom is -0.376 e. The van der Waals surface area contributed by atoms with Crippen LogP contribution in [0.3, 0.4) is 0 Å². The summed E-state index contributed by atoms with van der Waals surface area (Å²) in [5, 5.41) is 25.7. The van der Waals surface area contributed by atoms with Gasteiger partial charge in [-0.2, -0.15) is 15.8 Å². The van der Waals surface area contributed by atoms with E-state index >= 15 is 0 Å². The van der Waals surface area contributed by atoms with Crippen LogP contribution < -0.4 is 0 Å². The predicted octanol–water partition coefficient (Wildman–Crippen LogP) is 2.80. The van der Waals surface area contributed by atoms with Gasteiger partial charge in [0.25, 0.3) is 0 Å². The van der Waals surface area contributed by atoms with E-state index in [0.29, 0.717) is 52.1 Å². The Hall–Kier alpha value is -2.39. The molecule has 0 atom stereocenters. The lowest BCUT2D eigenvalue weighted by Gasteiger charge is -2.12. The maximum absolute atomic E-state index is 8.65. The third-order valence-corrected chi connectivity index (χ3v) is 2.93. The second kappa shape index (κ2) is 11.3. The lowest BCUT2D eigenvalue weighted by molar-refractivity contribution is 0.112. The van der Waals surface area contributed by atoms with Gasteiger partial charge in [-0.1, -0.05) is 6.07 Å². The predicted molar refractivity (Wildman–Crippen MR) is 79.0 cm³/mol. The normalized spacial score (nSPS) is 9.68. The number of nitrogens with zero attached hydrogens (tertiary/aromatic N) is 3. The van der Waals surface area contributed by atoms with Gasteiger partial charge in [0.2, 0.25) is 0 Å². The zero-order chi connectivity index (χ0) is 16.0. The van der Waals surface area contributed by atoms with Gasteiger partial charge in [0.15, 0.2) is 0 Å². The maximum Gasteiger partial charge on any atom is 0.0721 e. The number of hydrogen-bond acceptors (Lipinski definition) is 5. The Kier molecular flexibility index (Phi) is 9.06. The number of nitriles is 3. The zero-order valence-corrected chi connectivity index (χ0v) is 12.5. The van der Waals surface area contributed by atoms with E-state index in [9.17, 15) is 0 Å². The van der Waals surface area contributed by atoms with E-state index in [4.69, 9.17) is 25.3 Å². The van der Waals surface area contributed by atoms with Crippen molar-refractivity contribution in [1.29, 1.82) is 15.8 Å². The van der Waals surface area contributed by atoms with Crippen LogP contribution in [0.2, 0.25) is 0 Å². The molecule has 0 amide bonds. The summed E-state index contributed by atoms with van der Waals surface area (Å²) in [6.07, 6.45) is 1.81. The zero-order valence-electron chi connectivity index (χ0n) is 12.5. The summed E-state index contributed by atoms with van der Waals surface area (Å²) in [6, 6.07) is 13.1. The highest BCUT2D eigenvalue weighted by Crippen LogP contribution is 2.16. The monoisotopic (exact) mass is 296 g/mol. The highest BCUT2D eigenvalue weighted by atomic mass is 16.5. The Morgan fingerprint density at radius 1 is 0.864 bits per heavy atom. The first-order valence-electron chi connectivity index (χ1n) is 7.10. The van der Waals surface area contributed by atoms with Gasteiger partial charge in [-0.3, -0.25) is 0 Å². The van der Waals surface area contributed by atoms with E-state index in [-0.39, 0.29) is 0 Å². The average molecular weight is 296 g/mol. The fraction of sp³-hybridized carbons (Fsp3) is 0.471. The van der Waals surface area contributed by atoms with Crippen LogP contribution in [0.25, 0.3) is 0 Å². The van der Waals surface area contributed by atoms with Gasteiger partial charge in [0, 0.05) is 6.42 Å². The standard InChI is InChI=1S/C17H18N3O2/c18-7-1-4-15-5-6-16(13-21-10-2-8-19)17(12-15)14-22-11-3-9-20/h6,12H,1-4,10-11,13-14H2. The number of hydrogen-bond donors (Lipinski definition) is 0. The molecule has 1 aromatic carbocycles. The van der Waals surface area contributed by atoms with Crippen LogP contribution in [0.15, 0.2) is 12.1 Å². The largest absolute Gasteiger partial charge is 0.376 e. The molecule has 0 unspecified atom stereocenters. The summed E-state index contributed by atoms with van der Waals surface area (Å²) in [5.74, 6) is 0. The number of ether oxygens (including phenoxy) is 2. The summed E-state index contributed by atoms with van der Waals surface area (Å²) in [6.45, 7) is 1.57. The summed E-state index contributed by atoms with van der Waals surface area (Å²) < 4.78 is 10.9. The van der Waals surface area contributed by atoms with Crippen LogP contribution in [0.5, 0.6) is 0 Å². The SMILES string of the molecule is N#CCCOCc1c[c]c(CCC#N)cc1COCCC#N. The van der Waals surface area contributed by atoms with Gasteiger partial charge in [0.1, 0.15) is 0 Å². The van der Waals surface area contributed by atoms with Crippen molar-refractivity contribution < 1.29 is 9.47 Å².